The number of ether oxygens (including phenoxy) is 1. The molecule has 2 aromatic rings. The average Bonchev–Trinajstić information content (AvgIpc) is 2.52. The molecule has 0 heterocycles. The fourth-order valence-electron chi connectivity index (χ4n) is 2.22. The van der Waals surface area contributed by atoms with Crippen LogP contribution in [-0.2, 0) is 25.0 Å². The van der Waals surface area contributed by atoms with Crippen LogP contribution < -0.4 is 70.6 Å². The predicted molar refractivity (Wildman–Crippen MR) is 92.5 cm³/mol. The van der Waals surface area contributed by atoms with Gasteiger partial charge in [0.1, 0.15) is 26.0 Å². The Labute approximate surface area is 207 Å². The summed E-state index contributed by atoms with van der Waals surface area (Å²) in [6.45, 7) is 0. The molecule has 0 aromatic heterocycles. The minimum absolute atomic E-state index is 0. The molecule has 140 valence electrons. The van der Waals surface area contributed by atoms with Crippen molar-refractivity contribution in [2.24, 2.45) is 0 Å². The van der Waals surface area contributed by atoms with E-state index in [1.807, 2.05) is 0 Å². The van der Waals surface area contributed by atoms with E-state index in [1.54, 1.807) is 0 Å². The Bertz CT molecular complexity index is 1100. The molecule has 0 saturated heterocycles. The summed E-state index contributed by atoms with van der Waals surface area (Å²) in [6.07, 6.45) is 1.12. The van der Waals surface area contributed by atoms with E-state index in [0.29, 0.717) is 0 Å². The van der Waals surface area contributed by atoms with E-state index in [0.717, 1.165) is 18.2 Å². The molecule has 0 unspecified atom stereocenters. The molecule has 0 aliphatic carbocycles. The van der Waals surface area contributed by atoms with E-state index in [4.69, 9.17) is 16.2 Å². The maximum absolute atomic E-state index is 11.5. The Balaban J connectivity index is 0.00000364. The van der Waals surface area contributed by atoms with E-state index in [1.165, 1.54) is 31.4 Å². The molecule has 13 heteroatoms. The van der Waals surface area contributed by atoms with Crippen LogP contribution >= 0.6 is 0 Å². The van der Waals surface area contributed by atoms with Gasteiger partial charge in [-0.2, -0.15) is 0 Å². The van der Waals surface area contributed by atoms with Gasteiger partial charge in [0.2, 0.25) is 0 Å². The maximum atomic E-state index is 11.5. The minimum atomic E-state index is -4.90. The van der Waals surface area contributed by atoms with Crippen LogP contribution in [0.1, 0.15) is 11.1 Å². The van der Waals surface area contributed by atoms with Gasteiger partial charge in [0, 0.05) is 16.9 Å². The summed E-state index contributed by atoms with van der Waals surface area (Å²) in [5.74, 6) is -0.158. The molecule has 4 N–H and O–H groups in total. The maximum Gasteiger partial charge on any atom is 1.00 e. The van der Waals surface area contributed by atoms with Gasteiger partial charge < -0.3 is 25.3 Å². The first kappa shape index (κ1) is 27.4. The summed E-state index contributed by atoms with van der Waals surface area (Å²) in [6, 6.07) is 7.10. The fourth-order valence-corrected chi connectivity index (χ4v) is 3.64. The second-order valence-corrected chi connectivity index (χ2v) is 7.87. The number of hydrogen-bond donors (Lipinski definition) is 2. The molecule has 0 bridgehead atoms. The molecule has 0 atom stereocenters. The molecule has 0 fully saturated rings. The van der Waals surface area contributed by atoms with Gasteiger partial charge in [-0.15, -0.1) is 0 Å². The molecule has 9 nitrogen and oxygen atoms in total. The normalized spacial score (nSPS) is 11.9. The number of hydrogen-bond acceptors (Lipinski definition) is 9. The van der Waals surface area contributed by atoms with Crippen LogP contribution in [0.5, 0.6) is 0 Å². The Hall–Kier alpha value is -0.600. The Morgan fingerprint density at radius 1 is 0.893 bits per heavy atom. The van der Waals surface area contributed by atoms with Gasteiger partial charge >= 0.3 is 59.1 Å². The number of nitrogens with two attached hydrogens (primary N) is 2. The molecule has 0 amide bonds. The van der Waals surface area contributed by atoms with Gasteiger partial charge in [0.05, 0.1) is 16.9 Å². The summed E-state index contributed by atoms with van der Waals surface area (Å²) in [4.78, 5) is -1.26. The zero-order chi connectivity index (χ0) is 19.7. The molecule has 0 radical (unpaired) electrons. The largest absolute Gasteiger partial charge is 1.00 e. The first-order valence-electron chi connectivity index (χ1n) is 6.90. The minimum Gasteiger partial charge on any atom is -0.744 e. The van der Waals surface area contributed by atoms with Crippen molar-refractivity contribution in [3.63, 3.8) is 0 Å². The van der Waals surface area contributed by atoms with Crippen LogP contribution in [0.4, 0.5) is 11.4 Å². The van der Waals surface area contributed by atoms with Crippen LogP contribution in [0, 0.1) is 0 Å². The number of rotatable bonds is 5. The van der Waals surface area contributed by atoms with Crippen molar-refractivity contribution in [2.75, 3.05) is 18.6 Å². The third kappa shape index (κ3) is 6.73. The van der Waals surface area contributed by atoms with Gasteiger partial charge in [-0.05, 0) is 42.0 Å². The molecule has 2 rings (SSSR count). The summed E-state index contributed by atoms with van der Waals surface area (Å²) in [5, 5.41) is 0. The smallest absolute Gasteiger partial charge is 0.744 e. The van der Waals surface area contributed by atoms with Crippen LogP contribution in [0.3, 0.4) is 0 Å². The van der Waals surface area contributed by atoms with Gasteiger partial charge in [0.25, 0.3) is 0 Å². The Morgan fingerprint density at radius 2 is 1.36 bits per heavy atom. The summed E-state index contributed by atoms with van der Waals surface area (Å²) >= 11 is 0. The molecule has 0 aliphatic heterocycles. The van der Waals surface area contributed by atoms with E-state index in [2.05, 4.69) is 0 Å². The number of anilines is 2. The second-order valence-electron chi connectivity index (χ2n) is 5.17. The van der Waals surface area contributed by atoms with Gasteiger partial charge in [0.15, 0.2) is 0 Å². The molecule has 0 aliphatic rings. The quantitative estimate of drug-likeness (QED) is 0.150. The number of benzene rings is 2. The van der Waals surface area contributed by atoms with Crippen molar-refractivity contribution in [3.05, 3.63) is 47.5 Å². The topological polar surface area (TPSA) is 176 Å². The van der Waals surface area contributed by atoms with Crippen molar-refractivity contribution < 1.29 is 89.8 Å². The van der Waals surface area contributed by atoms with Gasteiger partial charge in [-0.3, -0.25) is 0 Å². The summed E-state index contributed by atoms with van der Waals surface area (Å²) in [5.41, 5.74) is 10.9. The third-order valence-corrected chi connectivity index (χ3v) is 5.12. The zero-order valence-electron chi connectivity index (χ0n) is 15.4. The first-order valence-corrected chi connectivity index (χ1v) is 9.72. The van der Waals surface area contributed by atoms with Crippen molar-refractivity contribution in [3.8, 4) is 0 Å². The molecule has 0 spiro atoms. The summed E-state index contributed by atoms with van der Waals surface area (Å²) in [7, 11) is -8.58. The van der Waals surface area contributed by atoms with Gasteiger partial charge in [-0.1, -0.05) is 6.07 Å². The molecular formula is C15H14N2Na2O7S2. The molecular weight excluding hydrogens is 430 g/mol. The Morgan fingerprint density at radius 3 is 1.82 bits per heavy atom. The van der Waals surface area contributed by atoms with Crippen LogP contribution in [0.2, 0.25) is 0 Å². The van der Waals surface area contributed by atoms with Crippen LogP contribution in [-0.4, -0.2) is 33.1 Å². The second kappa shape index (κ2) is 10.4. The van der Waals surface area contributed by atoms with Crippen molar-refractivity contribution in [1.82, 2.24) is 0 Å². The van der Waals surface area contributed by atoms with E-state index in [-0.39, 0.29) is 87.4 Å². The molecule has 2 aromatic carbocycles. The third-order valence-electron chi connectivity index (χ3n) is 3.35. The van der Waals surface area contributed by atoms with Crippen LogP contribution in [0.15, 0.2) is 46.2 Å². The monoisotopic (exact) mass is 444 g/mol. The van der Waals surface area contributed by atoms with E-state index in [9.17, 15) is 25.9 Å². The number of methoxy groups -OCH3 is 1. The zero-order valence-corrected chi connectivity index (χ0v) is 21.0. The molecule has 0 saturated carbocycles. The van der Waals surface area contributed by atoms with E-state index < -0.39 is 30.0 Å². The van der Waals surface area contributed by atoms with Crippen molar-refractivity contribution in [1.29, 1.82) is 0 Å². The average molecular weight is 444 g/mol. The summed E-state index contributed by atoms with van der Waals surface area (Å²) < 4.78 is 73.9. The standard InChI is InChI=1S/C15H16N2O7S2.2Na/c1-24-13(12-5-4-11(17)8-15(12)26(21,22)23)6-9-2-3-10(16)7-14(9)25(18,19)20;;/h2-8H,16-17H2,1H3,(H,18,19,20)(H,21,22,23);;/q;2*+1/p-2/b13-6-;;. The molecule has 28 heavy (non-hydrogen) atoms. The Kier molecular flexibility index (Phi) is 10.2. The van der Waals surface area contributed by atoms with Gasteiger partial charge in [-0.25, -0.2) is 16.8 Å². The van der Waals surface area contributed by atoms with Crippen molar-refractivity contribution in [2.45, 2.75) is 9.79 Å². The first-order chi connectivity index (χ1) is 11.9. The van der Waals surface area contributed by atoms with E-state index >= 15 is 0 Å². The van der Waals surface area contributed by atoms with Crippen molar-refractivity contribution >= 4 is 43.4 Å². The number of nitrogen functional groups attached to an aromatic ring is 2. The SMILES string of the molecule is CO/C(=C\c1ccc(N)cc1S(=O)(=O)[O-])c1ccc(N)cc1S(=O)(=O)[O-].[Na+].[Na+]. The fraction of sp³-hybridized carbons (Fsp3) is 0.0667. The predicted octanol–water partition coefficient (Wildman–Crippen LogP) is -5.19. The van der Waals surface area contributed by atoms with Crippen LogP contribution in [0.25, 0.3) is 11.8 Å².